The van der Waals surface area contributed by atoms with Crippen molar-refractivity contribution in [3.05, 3.63) is 33.8 Å². The summed E-state index contributed by atoms with van der Waals surface area (Å²) in [4.78, 5) is 25.8. The van der Waals surface area contributed by atoms with Gasteiger partial charge in [-0.3, -0.25) is 4.79 Å². The van der Waals surface area contributed by atoms with Gasteiger partial charge in [0.2, 0.25) is 0 Å². The topological polar surface area (TPSA) is 57.6 Å². The molecule has 1 fully saturated rings. The zero-order chi connectivity index (χ0) is 15.6. The van der Waals surface area contributed by atoms with Crippen LogP contribution in [-0.4, -0.2) is 34.5 Å². The van der Waals surface area contributed by atoms with Crippen LogP contribution in [0.25, 0.3) is 0 Å². The van der Waals surface area contributed by atoms with Gasteiger partial charge in [-0.25, -0.2) is 4.79 Å². The molecular formula is C16H20BrNO3. The minimum atomic E-state index is -0.908. The van der Waals surface area contributed by atoms with Crippen LogP contribution < -0.4 is 0 Å². The molecule has 21 heavy (non-hydrogen) atoms. The quantitative estimate of drug-likeness (QED) is 0.904. The van der Waals surface area contributed by atoms with Crippen LogP contribution in [0.15, 0.2) is 22.7 Å². The molecule has 0 saturated carbocycles. The Morgan fingerprint density at radius 1 is 1.43 bits per heavy atom. The molecule has 0 spiro atoms. The van der Waals surface area contributed by atoms with Crippen LogP contribution in [-0.2, 0) is 4.79 Å². The van der Waals surface area contributed by atoms with Crippen LogP contribution in [0.4, 0.5) is 0 Å². The van der Waals surface area contributed by atoms with Gasteiger partial charge in [0, 0.05) is 16.6 Å². The number of benzene rings is 1. The molecule has 1 saturated heterocycles. The molecule has 2 unspecified atom stereocenters. The standard InChI is InChI=1S/C16H20BrNO3/c1-3-11-7-8-18(14(9-11)16(20)21)15(19)12-5-4-6-13(17)10(12)2/h4-6,11,14H,3,7-9H2,1-2H3,(H,20,21). The number of amides is 1. The fraction of sp³-hybridized carbons (Fsp3) is 0.500. The first-order valence-corrected chi connectivity index (χ1v) is 8.03. The van der Waals surface area contributed by atoms with Gasteiger partial charge in [0.15, 0.2) is 0 Å². The second kappa shape index (κ2) is 6.60. The Morgan fingerprint density at radius 3 is 2.76 bits per heavy atom. The fourth-order valence-corrected chi connectivity index (χ4v) is 3.25. The number of carbonyl (C=O) groups is 2. The van der Waals surface area contributed by atoms with Gasteiger partial charge in [-0.1, -0.05) is 35.3 Å². The summed E-state index contributed by atoms with van der Waals surface area (Å²) in [6.07, 6.45) is 2.38. The summed E-state index contributed by atoms with van der Waals surface area (Å²) in [5, 5.41) is 9.44. The van der Waals surface area contributed by atoms with Gasteiger partial charge in [-0.05, 0) is 43.4 Å². The van der Waals surface area contributed by atoms with Crippen molar-refractivity contribution in [2.45, 2.75) is 39.2 Å². The van der Waals surface area contributed by atoms with Crippen LogP contribution in [0, 0.1) is 12.8 Å². The summed E-state index contributed by atoms with van der Waals surface area (Å²) in [5.41, 5.74) is 1.43. The molecule has 5 heteroatoms. The Balaban J connectivity index is 2.28. The van der Waals surface area contributed by atoms with Crippen molar-refractivity contribution in [3.8, 4) is 0 Å². The number of piperidine rings is 1. The van der Waals surface area contributed by atoms with E-state index in [-0.39, 0.29) is 5.91 Å². The number of hydrogen-bond donors (Lipinski definition) is 1. The third kappa shape index (κ3) is 3.28. The monoisotopic (exact) mass is 353 g/mol. The average Bonchev–Trinajstić information content (AvgIpc) is 2.48. The zero-order valence-corrected chi connectivity index (χ0v) is 13.9. The molecule has 2 atom stereocenters. The summed E-state index contributed by atoms with van der Waals surface area (Å²) < 4.78 is 0.865. The summed E-state index contributed by atoms with van der Waals surface area (Å²) in [6.45, 7) is 4.45. The Kier molecular flexibility index (Phi) is 5.04. The molecule has 1 N–H and O–H groups in total. The molecule has 1 aromatic carbocycles. The normalized spacial score (nSPS) is 22.1. The molecule has 1 aliphatic heterocycles. The van der Waals surface area contributed by atoms with E-state index < -0.39 is 12.0 Å². The molecule has 2 rings (SSSR count). The Hall–Kier alpha value is -1.36. The molecule has 1 aromatic rings. The van der Waals surface area contributed by atoms with Gasteiger partial charge >= 0.3 is 5.97 Å². The smallest absolute Gasteiger partial charge is 0.326 e. The zero-order valence-electron chi connectivity index (χ0n) is 12.3. The summed E-state index contributed by atoms with van der Waals surface area (Å²) in [7, 11) is 0. The van der Waals surface area contributed by atoms with E-state index in [0.717, 1.165) is 22.9 Å². The summed E-state index contributed by atoms with van der Waals surface area (Å²) in [5.74, 6) is -0.705. The number of hydrogen-bond acceptors (Lipinski definition) is 2. The molecule has 0 radical (unpaired) electrons. The maximum atomic E-state index is 12.7. The van der Waals surface area contributed by atoms with E-state index in [1.54, 1.807) is 12.1 Å². The van der Waals surface area contributed by atoms with Crippen molar-refractivity contribution in [2.75, 3.05) is 6.54 Å². The van der Waals surface area contributed by atoms with Gasteiger partial charge in [0.1, 0.15) is 6.04 Å². The van der Waals surface area contributed by atoms with Crippen LogP contribution >= 0.6 is 15.9 Å². The van der Waals surface area contributed by atoms with Crippen molar-refractivity contribution in [2.24, 2.45) is 5.92 Å². The van der Waals surface area contributed by atoms with Gasteiger partial charge in [-0.15, -0.1) is 0 Å². The van der Waals surface area contributed by atoms with E-state index in [4.69, 9.17) is 0 Å². The number of carboxylic acids is 1. The molecule has 1 amide bonds. The van der Waals surface area contributed by atoms with Crippen molar-refractivity contribution in [1.29, 1.82) is 0 Å². The van der Waals surface area contributed by atoms with Crippen molar-refractivity contribution < 1.29 is 14.7 Å². The van der Waals surface area contributed by atoms with Gasteiger partial charge in [0.05, 0.1) is 0 Å². The Bertz CT molecular complexity index is 558. The van der Waals surface area contributed by atoms with Gasteiger partial charge < -0.3 is 10.0 Å². The molecule has 1 aliphatic rings. The van der Waals surface area contributed by atoms with Crippen molar-refractivity contribution >= 4 is 27.8 Å². The molecule has 0 aromatic heterocycles. The largest absolute Gasteiger partial charge is 0.480 e. The van der Waals surface area contributed by atoms with Gasteiger partial charge in [-0.2, -0.15) is 0 Å². The first-order chi connectivity index (χ1) is 9.95. The lowest BCUT2D eigenvalue weighted by Crippen LogP contribution is -2.50. The predicted octanol–water partition coefficient (Wildman–Crippen LogP) is 3.47. The maximum Gasteiger partial charge on any atom is 0.326 e. The Morgan fingerprint density at radius 2 is 2.14 bits per heavy atom. The Labute approximate surface area is 133 Å². The number of carboxylic acid groups (broad SMARTS) is 1. The number of rotatable bonds is 3. The lowest BCUT2D eigenvalue weighted by atomic mass is 9.88. The minimum Gasteiger partial charge on any atom is -0.480 e. The van der Waals surface area contributed by atoms with E-state index in [1.165, 1.54) is 4.90 Å². The van der Waals surface area contributed by atoms with E-state index in [2.05, 4.69) is 22.9 Å². The second-order valence-electron chi connectivity index (χ2n) is 5.56. The SMILES string of the molecule is CCC1CCN(C(=O)c2cccc(Br)c2C)C(C(=O)O)C1. The van der Waals surface area contributed by atoms with Crippen LogP contribution in [0.5, 0.6) is 0 Å². The van der Waals surface area contributed by atoms with Crippen LogP contribution in [0.1, 0.15) is 42.1 Å². The summed E-state index contributed by atoms with van der Waals surface area (Å²) >= 11 is 3.42. The number of carbonyl (C=O) groups excluding carboxylic acids is 1. The highest BCUT2D eigenvalue weighted by Crippen LogP contribution is 2.28. The lowest BCUT2D eigenvalue weighted by Gasteiger charge is -2.37. The fourth-order valence-electron chi connectivity index (χ4n) is 2.88. The van der Waals surface area contributed by atoms with Crippen molar-refractivity contribution in [1.82, 2.24) is 4.90 Å². The molecule has 1 heterocycles. The van der Waals surface area contributed by atoms with Crippen LogP contribution in [0.2, 0.25) is 0 Å². The third-order valence-electron chi connectivity index (χ3n) is 4.33. The highest BCUT2D eigenvalue weighted by molar-refractivity contribution is 9.10. The minimum absolute atomic E-state index is 0.184. The van der Waals surface area contributed by atoms with Crippen molar-refractivity contribution in [3.63, 3.8) is 0 Å². The van der Waals surface area contributed by atoms with E-state index in [0.29, 0.717) is 24.4 Å². The van der Waals surface area contributed by atoms with E-state index in [9.17, 15) is 14.7 Å². The molecule has 4 nitrogen and oxygen atoms in total. The average molecular weight is 354 g/mol. The third-order valence-corrected chi connectivity index (χ3v) is 5.19. The van der Waals surface area contributed by atoms with Gasteiger partial charge in [0.25, 0.3) is 5.91 Å². The number of nitrogens with zero attached hydrogens (tertiary/aromatic N) is 1. The highest BCUT2D eigenvalue weighted by atomic mass is 79.9. The van der Waals surface area contributed by atoms with E-state index in [1.807, 2.05) is 13.0 Å². The first-order valence-electron chi connectivity index (χ1n) is 7.24. The van der Waals surface area contributed by atoms with E-state index >= 15 is 0 Å². The summed E-state index contributed by atoms with van der Waals surface area (Å²) in [6, 6.07) is 4.73. The first kappa shape index (κ1) is 16.0. The second-order valence-corrected chi connectivity index (χ2v) is 6.42. The highest BCUT2D eigenvalue weighted by Gasteiger charge is 2.36. The molecule has 114 valence electrons. The van der Waals surface area contributed by atoms with Crippen LogP contribution in [0.3, 0.4) is 0 Å². The number of aliphatic carboxylic acids is 1. The molecule has 0 aliphatic carbocycles. The maximum absolute atomic E-state index is 12.7. The lowest BCUT2D eigenvalue weighted by molar-refractivity contribution is -0.144. The number of halogens is 1. The number of likely N-dealkylation sites (tertiary alicyclic amines) is 1. The molecule has 0 bridgehead atoms. The molecular weight excluding hydrogens is 334 g/mol. The predicted molar refractivity (Wildman–Crippen MR) is 84.4 cm³/mol.